The minimum Gasteiger partial charge on any atom is -0.467 e. The predicted octanol–water partition coefficient (Wildman–Crippen LogP) is 3.17. The van der Waals surface area contributed by atoms with Crippen LogP contribution in [0.25, 0.3) is 0 Å². The van der Waals surface area contributed by atoms with Gasteiger partial charge in [0.1, 0.15) is 5.76 Å². The molecule has 100 valence electrons. The molecule has 0 unspecified atom stereocenters. The Bertz CT molecular complexity index is 496. The third kappa shape index (κ3) is 4.17. The number of amides is 1. The molecule has 1 aromatic heterocycles. The molecule has 1 amide bonds. The maximum atomic E-state index is 12.1. The van der Waals surface area contributed by atoms with Crippen molar-refractivity contribution in [1.82, 2.24) is 4.90 Å². The molecule has 0 N–H and O–H groups in total. The zero-order chi connectivity index (χ0) is 13.5. The molecule has 0 saturated heterocycles. The number of thioether (sulfide) groups is 1. The molecule has 0 aliphatic carbocycles. The first kappa shape index (κ1) is 13.7. The summed E-state index contributed by atoms with van der Waals surface area (Å²) < 4.78 is 5.33. The SMILES string of the molecule is CSCC(=O)N(Cc1ccccc1)Cc1ccco1. The fourth-order valence-electron chi connectivity index (χ4n) is 1.84. The van der Waals surface area contributed by atoms with E-state index < -0.39 is 0 Å². The average molecular weight is 275 g/mol. The van der Waals surface area contributed by atoms with Crippen LogP contribution in [-0.4, -0.2) is 22.8 Å². The average Bonchev–Trinajstić information content (AvgIpc) is 2.92. The number of hydrogen-bond acceptors (Lipinski definition) is 3. The maximum absolute atomic E-state index is 12.1. The van der Waals surface area contributed by atoms with Crippen LogP contribution in [0.1, 0.15) is 11.3 Å². The Kier molecular flexibility index (Phi) is 5.10. The normalized spacial score (nSPS) is 10.4. The highest BCUT2D eigenvalue weighted by molar-refractivity contribution is 7.99. The van der Waals surface area contributed by atoms with Crippen molar-refractivity contribution in [1.29, 1.82) is 0 Å². The molecular weight excluding hydrogens is 258 g/mol. The summed E-state index contributed by atoms with van der Waals surface area (Å²) in [7, 11) is 0. The van der Waals surface area contributed by atoms with E-state index in [2.05, 4.69) is 0 Å². The highest BCUT2D eigenvalue weighted by Crippen LogP contribution is 2.12. The van der Waals surface area contributed by atoms with Crippen molar-refractivity contribution in [3.8, 4) is 0 Å². The van der Waals surface area contributed by atoms with Crippen LogP contribution < -0.4 is 0 Å². The summed E-state index contributed by atoms with van der Waals surface area (Å²) in [5.74, 6) is 1.44. The molecular formula is C15H17NO2S. The molecule has 0 bridgehead atoms. The summed E-state index contributed by atoms with van der Waals surface area (Å²) in [5, 5.41) is 0. The van der Waals surface area contributed by atoms with Gasteiger partial charge < -0.3 is 9.32 Å². The minimum atomic E-state index is 0.132. The van der Waals surface area contributed by atoms with Gasteiger partial charge in [0.05, 0.1) is 18.6 Å². The topological polar surface area (TPSA) is 33.5 Å². The van der Waals surface area contributed by atoms with Crippen molar-refractivity contribution < 1.29 is 9.21 Å². The number of rotatable bonds is 6. The van der Waals surface area contributed by atoms with Crippen LogP contribution in [0.2, 0.25) is 0 Å². The molecule has 19 heavy (non-hydrogen) atoms. The van der Waals surface area contributed by atoms with E-state index in [0.717, 1.165) is 11.3 Å². The van der Waals surface area contributed by atoms with Crippen LogP contribution in [0.5, 0.6) is 0 Å². The predicted molar refractivity (Wildman–Crippen MR) is 77.8 cm³/mol. The zero-order valence-electron chi connectivity index (χ0n) is 10.9. The first-order chi connectivity index (χ1) is 9.29. The number of carbonyl (C=O) groups is 1. The summed E-state index contributed by atoms with van der Waals surface area (Å²) in [6.45, 7) is 1.13. The Morgan fingerprint density at radius 2 is 1.95 bits per heavy atom. The first-order valence-corrected chi connectivity index (χ1v) is 7.52. The van der Waals surface area contributed by atoms with E-state index in [1.165, 1.54) is 11.8 Å². The lowest BCUT2D eigenvalue weighted by Crippen LogP contribution is -2.31. The molecule has 1 heterocycles. The molecule has 0 aliphatic rings. The molecule has 0 spiro atoms. The van der Waals surface area contributed by atoms with Crippen LogP contribution in [0, 0.1) is 0 Å². The van der Waals surface area contributed by atoms with Crippen molar-refractivity contribution in [2.75, 3.05) is 12.0 Å². The lowest BCUT2D eigenvalue weighted by molar-refractivity contribution is -0.129. The van der Waals surface area contributed by atoms with E-state index in [1.54, 1.807) is 6.26 Å². The fraction of sp³-hybridized carbons (Fsp3) is 0.267. The summed E-state index contributed by atoms with van der Waals surface area (Å²) in [6, 6.07) is 13.7. The van der Waals surface area contributed by atoms with Gasteiger partial charge in [0, 0.05) is 6.54 Å². The number of hydrogen-bond donors (Lipinski definition) is 0. The van der Waals surface area contributed by atoms with Gasteiger partial charge in [0.2, 0.25) is 5.91 Å². The van der Waals surface area contributed by atoms with Gasteiger partial charge in [-0.2, -0.15) is 11.8 Å². The van der Waals surface area contributed by atoms with E-state index >= 15 is 0 Å². The third-order valence-corrected chi connectivity index (χ3v) is 3.30. The summed E-state index contributed by atoms with van der Waals surface area (Å²) >= 11 is 1.54. The van der Waals surface area contributed by atoms with Gasteiger partial charge in [-0.05, 0) is 24.0 Å². The van der Waals surface area contributed by atoms with E-state index in [9.17, 15) is 4.79 Å². The van der Waals surface area contributed by atoms with Crippen LogP contribution in [0.4, 0.5) is 0 Å². The van der Waals surface area contributed by atoms with Gasteiger partial charge in [0.25, 0.3) is 0 Å². The zero-order valence-corrected chi connectivity index (χ0v) is 11.7. The van der Waals surface area contributed by atoms with Crippen molar-refractivity contribution in [3.05, 3.63) is 60.1 Å². The number of nitrogens with zero attached hydrogens (tertiary/aromatic N) is 1. The molecule has 2 aromatic rings. The summed E-state index contributed by atoms with van der Waals surface area (Å²) in [5.41, 5.74) is 1.13. The largest absolute Gasteiger partial charge is 0.467 e. The number of furan rings is 1. The minimum absolute atomic E-state index is 0.132. The first-order valence-electron chi connectivity index (χ1n) is 6.12. The van der Waals surface area contributed by atoms with Crippen molar-refractivity contribution in [3.63, 3.8) is 0 Å². The van der Waals surface area contributed by atoms with Crippen molar-refractivity contribution >= 4 is 17.7 Å². The fourth-order valence-corrected chi connectivity index (χ4v) is 2.27. The Morgan fingerprint density at radius 3 is 2.58 bits per heavy atom. The third-order valence-electron chi connectivity index (χ3n) is 2.76. The Balaban J connectivity index is 2.07. The van der Waals surface area contributed by atoms with Crippen LogP contribution in [0.3, 0.4) is 0 Å². The summed E-state index contributed by atoms with van der Waals surface area (Å²) in [4.78, 5) is 14.0. The van der Waals surface area contributed by atoms with Crippen molar-refractivity contribution in [2.24, 2.45) is 0 Å². The molecule has 0 saturated carbocycles. The highest BCUT2D eigenvalue weighted by Gasteiger charge is 2.15. The molecule has 0 radical (unpaired) electrons. The van der Waals surface area contributed by atoms with Crippen LogP contribution in [0.15, 0.2) is 53.1 Å². The lowest BCUT2D eigenvalue weighted by Gasteiger charge is -2.21. The molecule has 1 aromatic carbocycles. The second-order valence-corrected chi connectivity index (χ2v) is 5.11. The Hall–Kier alpha value is -1.68. The van der Waals surface area contributed by atoms with Crippen LogP contribution in [-0.2, 0) is 17.9 Å². The highest BCUT2D eigenvalue weighted by atomic mass is 32.2. The monoisotopic (exact) mass is 275 g/mol. The molecule has 0 atom stereocenters. The molecule has 0 aliphatic heterocycles. The van der Waals surface area contributed by atoms with Crippen LogP contribution >= 0.6 is 11.8 Å². The standard InChI is InChI=1S/C15H17NO2S/c1-19-12-15(17)16(11-14-8-5-9-18-14)10-13-6-3-2-4-7-13/h2-9H,10-12H2,1H3. The molecule has 3 nitrogen and oxygen atoms in total. The van der Waals surface area contributed by atoms with Gasteiger partial charge in [-0.15, -0.1) is 0 Å². The van der Waals surface area contributed by atoms with Gasteiger partial charge in [-0.3, -0.25) is 4.79 Å². The van der Waals surface area contributed by atoms with E-state index in [0.29, 0.717) is 18.8 Å². The molecule has 4 heteroatoms. The second-order valence-electron chi connectivity index (χ2n) is 4.25. The van der Waals surface area contributed by atoms with Gasteiger partial charge in [-0.25, -0.2) is 0 Å². The van der Waals surface area contributed by atoms with Gasteiger partial charge >= 0.3 is 0 Å². The maximum Gasteiger partial charge on any atom is 0.233 e. The van der Waals surface area contributed by atoms with Gasteiger partial charge in [-0.1, -0.05) is 30.3 Å². The Labute approximate surface area is 117 Å². The van der Waals surface area contributed by atoms with E-state index in [4.69, 9.17) is 4.42 Å². The van der Waals surface area contributed by atoms with E-state index in [1.807, 2.05) is 53.6 Å². The van der Waals surface area contributed by atoms with Crippen molar-refractivity contribution in [2.45, 2.75) is 13.1 Å². The van der Waals surface area contributed by atoms with E-state index in [-0.39, 0.29) is 5.91 Å². The molecule has 0 fully saturated rings. The summed E-state index contributed by atoms with van der Waals surface area (Å²) in [6.07, 6.45) is 3.57. The second kappa shape index (κ2) is 7.04. The van der Waals surface area contributed by atoms with Gasteiger partial charge in [0.15, 0.2) is 0 Å². The molecule has 2 rings (SSSR count). The number of benzene rings is 1. The quantitative estimate of drug-likeness (QED) is 0.812. The Morgan fingerprint density at radius 1 is 1.16 bits per heavy atom. The lowest BCUT2D eigenvalue weighted by atomic mass is 10.2. The number of carbonyl (C=O) groups excluding carboxylic acids is 1. The smallest absolute Gasteiger partial charge is 0.233 e.